The van der Waals surface area contributed by atoms with Gasteiger partial charge in [0.2, 0.25) is 0 Å². The number of methoxy groups -OCH3 is 2. The Bertz CT molecular complexity index is 493. The Kier molecular flexibility index (Phi) is 2.96. The Balaban J connectivity index is 2.11. The largest absolute Gasteiger partial charge is 0.500 e. The maximum absolute atomic E-state index is 12.5. The molecular formula is C16H22O4. The van der Waals surface area contributed by atoms with Gasteiger partial charge in [-0.3, -0.25) is 9.59 Å². The molecule has 0 saturated heterocycles. The monoisotopic (exact) mass is 278 g/mol. The summed E-state index contributed by atoms with van der Waals surface area (Å²) in [5, 5.41) is 0. The fraction of sp³-hybridized carbons (Fsp3) is 0.750. The van der Waals surface area contributed by atoms with Gasteiger partial charge in [-0.15, -0.1) is 0 Å². The van der Waals surface area contributed by atoms with Crippen LogP contribution in [0.3, 0.4) is 0 Å². The molecule has 3 rings (SSSR count). The lowest BCUT2D eigenvalue weighted by Gasteiger charge is -2.50. The fourth-order valence-corrected chi connectivity index (χ4v) is 4.89. The van der Waals surface area contributed by atoms with Crippen molar-refractivity contribution in [3.63, 3.8) is 0 Å². The molecule has 0 aliphatic heterocycles. The molecule has 110 valence electrons. The van der Waals surface area contributed by atoms with Crippen LogP contribution in [-0.2, 0) is 19.1 Å². The lowest BCUT2D eigenvalue weighted by Crippen LogP contribution is -2.54. The van der Waals surface area contributed by atoms with E-state index in [0.29, 0.717) is 23.5 Å². The van der Waals surface area contributed by atoms with Gasteiger partial charge < -0.3 is 9.47 Å². The van der Waals surface area contributed by atoms with Gasteiger partial charge in [-0.25, -0.2) is 0 Å². The summed E-state index contributed by atoms with van der Waals surface area (Å²) < 4.78 is 10.5. The topological polar surface area (TPSA) is 52.6 Å². The predicted octanol–water partition coefficient (Wildman–Crippen LogP) is 2.19. The van der Waals surface area contributed by atoms with Crippen molar-refractivity contribution in [2.45, 2.75) is 26.7 Å². The first-order valence-electron chi connectivity index (χ1n) is 7.35. The van der Waals surface area contributed by atoms with Crippen molar-refractivity contribution in [2.24, 2.45) is 35.0 Å². The Morgan fingerprint density at radius 2 is 2.10 bits per heavy atom. The molecule has 0 radical (unpaired) electrons. The molecule has 2 fully saturated rings. The number of carbonyl (C=O) groups excluding carboxylic acids is 2. The predicted molar refractivity (Wildman–Crippen MR) is 72.6 cm³/mol. The summed E-state index contributed by atoms with van der Waals surface area (Å²) in [6, 6.07) is 0. The van der Waals surface area contributed by atoms with E-state index >= 15 is 0 Å². The van der Waals surface area contributed by atoms with Crippen LogP contribution in [0, 0.1) is 35.0 Å². The minimum atomic E-state index is -0.722. The minimum Gasteiger partial charge on any atom is -0.500 e. The normalized spacial score (nSPS) is 41.9. The fourth-order valence-electron chi connectivity index (χ4n) is 4.89. The van der Waals surface area contributed by atoms with Crippen LogP contribution >= 0.6 is 0 Å². The highest BCUT2D eigenvalue weighted by Gasteiger charge is 2.71. The zero-order valence-corrected chi connectivity index (χ0v) is 12.5. The minimum absolute atomic E-state index is 0.0123. The van der Waals surface area contributed by atoms with Gasteiger partial charge >= 0.3 is 5.97 Å². The summed E-state index contributed by atoms with van der Waals surface area (Å²) >= 11 is 0. The molecule has 0 bridgehead atoms. The Morgan fingerprint density at radius 1 is 1.40 bits per heavy atom. The lowest BCUT2D eigenvalue weighted by atomic mass is 9.53. The van der Waals surface area contributed by atoms with Gasteiger partial charge in [-0.1, -0.05) is 13.8 Å². The molecule has 0 aromatic carbocycles. The molecule has 5 unspecified atom stereocenters. The molecule has 2 saturated carbocycles. The molecule has 3 aliphatic rings. The van der Waals surface area contributed by atoms with Gasteiger partial charge in [-0.2, -0.15) is 0 Å². The number of carbonyl (C=O) groups is 2. The van der Waals surface area contributed by atoms with Crippen LogP contribution in [0.4, 0.5) is 0 Å². The summed E-state index contributed by atoms with van der Waals surface area (Å²) in [6.45, 7) is 4.39. The van der Waals surface area contributed by atoms with Crippen LogP contribution in [0.15, 0.2) is 11.8 Å². The summed E-state index contributed by atoms with van der Waals surface area (Å²) in [6.07, 6.45) is 3.20. The van der Waals surface area contributed by atoms with E-state index in [4.69, 9.17) is 9.47 Å². The summed E-state index contributed by atoms with van der Waals surface area (Å²) in [7, 11) is 2.96. The van der Waals surface area contributed by atoms with E-state index in [0.717, 1.165) is 12.8 Å². The third-order valence-corrected chi connectivity index (χ3v) is 5.80. The van der Waals surface area contributed by atoms with Crippen LogP contribution in [0.1, 0.15) is 26.7 Å². The highest BCUT2D eigenvalue weighted by Crippen LogP contribution is 2.69. The molecule has 0 spiro atoms. The Morgan fingerprint density at radius 3 is 2.65 bits per heavy atom. The number of hydrogen-bond donors (Lipinski definition) is 0. The average Bonchev–Trinajstić information content (AvgIpc) is 2.68. The number of ketones is 1. The molecule has 0 amide bonds. The molecule has 20 heavy (non-hydrogen) atoms. The molecule has 0 aromatic heterocycles. The first-order valence-corrected chi connectivity index (χ1v) is 7.35. The number of allylic oxidation sites excluding steroid dienone is 1. The first-order chi connectivity index (χ1) is 9.47. The van der Waals surface area contributed by atoms with Gasteiger partial charge in [-0.05, 0) is 36.5 Å². The molecule has 5 atom stereocenters. The molecule has 0 heterocycles. The zero-order valence-electron chi connectivity index (χ0n) is 12.5. The number of hydrogen-bond acceptors (Lipinski definition) is 4. The third kappa shape index (κ3) is 1.42. The van der Waals surface area contributed by atoms with Crippen LogP contribution in [0.5, 0.6) is 0 Å². The van der Waals surface area contributed by atoms with E-state index in [9.17, 15) is 9.59 Å². The molecule has 0 N–H and O–H groups in total. The molecule has 4 heteroatoms. The standard InChI is InChI=1S/C16H22O4/c1-8(2)11-7-16(15(18)20-4)13(19-3)6-12(17)10-5-9(11)14(10)16/h6,8-11,14H,5,7H2,1-4H3. The first kappa shape index (κ1) is 13.7. The van der Waals surface area contributed by atoms with Crippen molar-refractivity contribution in [3.8, 4) is 0 Å². The Labute approximate surface area is 119 Å². The van der Waals surface area contributed by atoms with Crippen LogP contribution in [-0.4, -0.2) is 26.0 Å². The summed E-state index contributed by atoms with van der Waals surface area (Å²) in [5.74, 6) is 1.87. The second-order valence-electron chi connectivity index (χ2n) is 6.72. The van der Waals surface area contributed by atoms with Gasteiger partial charge in [0.1, 0.15) is 11.2 Å². The van der Waals surface area contributed by atoms with Crippen molar-refractivity contribution < 1.29 is 19.1 Å². The SMILES string of the molecule is COC(=O)C12CC(C(C)C)C3CC(C(=O)C=C1OC)C32. The van der Waals surface area contributed by atoms with Crippen LogP contribution < -0.4 is 0 Å². The van der Waals surface area contributed by atoms with E-state index in [2.05, 4.69) is 13.8 Å². The van der Waals surface area contributed by atoms with Crippen molar-refractivity contribution in [3.05, 3.63) is 11.8 Å². The van der Waals surface area contributed by atoms with Crippen LogP contribution in [0.2, 0.25) is 0 Å². The summed E-state index contributed by atoms with van der Waals surface area (Å²) in [4.78, 5) is 24.7. The summed E-state index contributed by atoms with van der Waals surface area (Å²) in [5.41, 5.74) is -0.722. The van der Waals surface area contributed by atoms with Gasteiger partial charge in [0, 0.05) is 12.0 Å². The van der Waals surface area contributed by atoms with Gasteiger partial charge in [0.15, 0.2) is 5.78 Å². The molecule has 4 nitrogen and oxygen atoms in total. The lowest BCUT2D eigenvalue weighted by molar-refractivity contribution is -0.163. The molecule has 0 aromatic rings. The van der Waals surface area contributed by atoms with Crippen molar-refractivity contribution in [1.29, 1.82) is 0 Å². The second kappa shape index (κ2) is 4.34. The maximum atomic E-state index is 12.5. The van der Waals surface area contributed by atoms with E-state index < -0.39 is 5.41 Å². The average molecular weight is 278 g/mol. The van der Waals surface area contributed by atoms with Crippen molar-refractivity contribution in [2.75, 3.05) is 14.2 Å². The maximum Gasteiger partial charge on any atom is 0.319 e. The van der Waals surface area contributed by atoms with E-state index in [1.54, 1.807) is 7.11 Å². The van der Waals surface area contributed by atoms with Gasteiger partial charge in [0.25, 0.3) is 0 Å². The van der Waals surface area contributed by atoms with Crippen molar-refractivity contribution >= 4 is 11.8 Å². The molecular weight excluding hydrogens is 256 g/mol. The molecule has 3 aliphatic carbocycles. The highest BCUT2D eigenvalue weighted by atomic mass is 16.5. The quantitative estimate of drug-likeness (QED) is 0.743. The smallest absolute Gasteiger partial charge is 0.319 e. The van der Waals surface area contributed by atoms with Gasteiger partial charge in [0.05, 0.1) is 14.2 Å². The third-order valence-electron chi connectivity index (χ3n) is 5.80. The number of esters is 1. The zero-order chi connectivity index (χ0) is 14.7. The van der Waals surface area contributed by atoms with Crippen LogP contribution in [0.25, 0.3) is 0 Å². The van der Waals surface area contributed by atoms with E-state index in [1.807, 2.05) is 0 Å². The van der Waals surface area contributed by atoms with Crippen molar-refractivity contribution in [1.82, 2.24) is 0 Å². The highest BCUT2D eigenvalue weighted by molar-refractivity contribution is 5.98. The Hall–Kier alpha value is -1.32. The number of rotatable bonds is 3. The number of ether oxygens (including phenoxy) is 2. The second-order valence-corrected chi connectivity index (χ2v) is 6.72. The van der Waals surface area contributed by atoms with E-state index in [1.165, 1.54) is 13.2 Å². The van der Waals surface area contributed by atoms with E-state index in [-0.39, 0.29) is 23.6 Å².